The van der Waals surface area contributed by atoms with Crippen LogP contribution >= 0.6 is 11.8 Å². The number of hydrogen-bond acceptors (Lipinski definition) is 4. The van der Waals surface area contributed by atoms with E-state index in [1.807, 2.05) is 39.2 Å². The Balaban J connectivity index is 3.19. The maximum Gasteiger partial charge on any atom is 0.306 e. The lowest BCUT2D eigenvalue weighted by Crippen LogP contribution is -2.53. The van der Waals surface area contributed by atoms with Crippen molar-refractivity contribution >= 4 is 17.7 Å². The van der Waals surface area contributed by atoms with Gasteiger partial charge >= 0.3 is 5.97 Å². The highest BCUT2D eigenvalue weighted by Gasteiger charge is 2.41. The molecule has 3 nitrogen and oxygen atoms in total. The van der Waals surface area contributed by atoms with Gasteiger partial charge in [-0.1, -0.05) is 19.1 Å². The third kappa shape index (κ3) is 3.51. The van der Waals surface area contributed by atoms with Gasteiger partial charge in [0.2, 0.25) is 0 Å². The number of thioether (sulfide) groups is 1. The van der Waals surface area contributed by atoms with Crippen molar-refractivity contribution in [2.24, 2.45) is 5.73 Å². The highest BCUT2D eigenvalue weighted by molar-refractivity contribution is 7.98. The molecule has 1 rings (SSSR count). The van der Waals surface area contributed by atoms with Gasteiger partial charge in [-0.3, -0.25) is 4.79 Å². The summed E-state index contributed by atoms with van der Waals surface area (Å²) in [6.45, 7) is 5.90. The lowest BCUT2D eigenvalue weighted by Gasteiger charge is -2.41. The molecule has 2 N–H and O–H groups in total. The van der Waals surface area contributed by atoms with Gasteiger partial charge in [-0.05, 0) is 37.8 Å². The molecule has 1 atom stereocenters. The Bertz CT molecular complexity index is 436. The molecule has 0 amide bonds. The summed E-state index contributed by atoms with van der Waals surface area (Å²) in [5, 5.41) is 0. The summed E-state index contributed by atoms with van der Waals surface area (Å²) >= 11 is 1.69. The second-order valence-electron chi connectivity index (χ2n) is 5.54. The van der Waals surface area contributed by atoms with Gasteiger partial charge in [0.15, 0.2) is 0 Å². The Labute approximate surface area is 119 Å². The molecule has 0 aliphatic heterocycles. The molecule has 1 unspecified atom stereocenters. The molecule has 19 heavy (non-hydrogen) atoms. The maximum absolute atomic E-state index is 11.7. The van der Waals surface area contributed by atoms with Crippen molar-refractivity contribution in [2.45, 2.75) is 43.0 Å². The fourth-order valence-corrected chi connectivity index (χ4v) is 2.43. The molecule has 0 aliphatic rings. The summed E-state index contributed by atoms with van der Waals surface area (Å²) in [5.41, 5.74) is 6.38. The topological polar surface area (TPSA) is 52.3 Å². The number of hydrogen-bond donors (Lipinski definition) is 1. The Kier molecular flexibility index (Phi) is 5.04. The van der Waals surface area contributed by atoms with Gasteiger partial charge in [0.25, 0.3) is 0 Å². The lowest BCUT2D eigenvalue weighted by atomic mass is 9.66. The van der Waals surface area contributed by atoms with Gasteiger partial charge in [-0.15, -0.1) is 11.8 Å². The average Bonchev–Trinajstić information content (AvgIpc) is 2.37. The van der Waals surface area contributed by atoms with E-state index in [9.17, 15) is 4.79 Å². The van der Waals surface area contributed by atoms with Gasteiger partial charge in [0, 0.05) is 15.8 Å². The summed E-state index contributed by atoms with van der Waals surface area (Å²) in [5.74, 6) is -0.241. The van der Waals surface area contributed by atoms with E-state index in [1.165, 1.54) is 12.0 Å². The van der Waals surface area contributed by atoms with Crippen molar-refractivity contribution in [1.29, 1.82) is 0 Å². The molecular formula is C15H23NO2S. The van der Waals surface area contributed by atoms with E-state index in [1.54, 1.807) is 11.8 Å². The van der Waals surface area contributed by atoms with Crippen molar-refractivity contribution in [1.82, 2.24) is 0 Å². The van der Waals surface area contributed by atoms with Crippen LogP contribution in [0.1, 0.15) is 32.8 Å². The van der Waals surface area contributed by atoms with Crippen LogP contribution < -0.4 is 5.73 Å². The van der Waals surface area contributed by atoms with Crippen molar-refractivity contribution in [3.63, 3.8) is 0 Å². The van der Waals surface area contributed by atoms with Crippen LogP contribution in [0, 0.1) is 0 Å². The fraction of sp³-hybridized carbons (Fsp3) is 0.533. The van der Waals surface area contributed by atoms with Crippen molar-refractivity contribution < 1.29 is 9.53 Å². The molecule has 1 aromatic rings. The smallest absolute Gasteiger partial charge is 0.306 e. The van der Waals surface area contributed by atoms with Gasteiger partial charge in [-0.25, -0.2) is 0 Å². The first kappa shape index (κ1) is 16.1. The monoisotopic (exact) mass is 281 g/mol. The number of methoxy groups -OCH3 is 1. The number of carbonyl (C=O) groups excluding carboxylic acids is 1. The number of rotatable bonds is 5. The predicted octanol–water partition coefficient (Wildman–Crippen LogP) is 2.97. The van der Waals surface area contributed by atoms with Crippen LogP contribution in [0.5, 0.6) is 0 Å². The number of nitrogens with two attached hydrogens (primary N) is 1. The third-order valence-corrected chi connectivity index (χ3v) is 4.62. The Morgan fingerprint density at radius 3 is 2.16 bits per heavy atom. The molecule has 106 valence electrons. The Morgan fingerprint density at radius 1 is 1.26 bits per heavy atom. The van der Waals surface area contributed by atoms with E-state index < -0.39 is 11.0 Å². The summed E-state index contributed by atoms with van der Waals surface area (Å²) in [6.07, 6.45) is 2.31. The highest BCUT2D eigenvalue weighted by Crippen LogP contribution is 2.37. The quantitative estimate of drug-likeness (QED) is 0.666. The second kappa shape index (κ2) is 5.97. The standard InChI is InChI=1S/C15H23NO2S/c1-14(2,16)15(3,10-13(17)18-4)11-6-8-12(19-5)9-7-11/h6-9H,10,16H2,1-5H3. The zero-order valence-electron chi connectivity index (χ0n) is 12.3. The van der Waals surface area contributed by atoms with Crippen LogP contribution in [0.25, 0.3) is 0 Å². The minimum atomic E-state index is -0.526. The largest absolute Gasteiger partial charge is 0.469 e. The molecule has 0 heterocycles. The van der Waals surface area contributed by atoms with Crippen LogP contribution in [-0.4, -0.2) is 24.9 Å². The first-order valence-electron chi connectivity index (χ1n) is 6.25. The highest BCUT2D eigenvalue weighted by atomic mass is 32.2. The molecule has 1 aromatic carbocycles. The average molecular weight is 281 g/mol. The Morgan fingerprint density at radius 2 is 1.79 bits per heavy atom. The molecule has 0 aliphatic carbocycles. The first-order chi connectivity index (χ1) is 8.74. The minimum absolute atomic E-state index is 0.241. The van der Waals surface area contributed by atoms with Crippen LogP contribution in [0.3, 0.4) is 0 Å². The zero-order chi connectivity index (χ0) is 14.7. The predicted molar refractivity (Wildman–Crippen MR) is 80.5 cm³/mol. The zero-order valence-corrected chi connectivity index (χ0v) is 13.1. The minimum Gasteiger partial charge on any atom is -0.469 e. The van der Waals surface area contributed by atoms with Crippen molar-refractivity contribution in [3.8, 4) is 0 Å². The SMILES string of the molecule is COC(=O)CC(C)(c1ccc(SC)cc1)C(C)(C)N. The van der Waals surface area contributed by atoms with Crippen LogP contribution in [0.4, 0.5) is 0 Å². The first-order valence-corrected chi connectivity index (χ1v) is 7.47. The fourth-order valence-electron chi connectivity index (χ4n) is 2.02. The van der Waals surface area contributed by atoms with Crippen molar-refractivity contribution in [2.75, 3.05) is 13.4 Å². The normalized spacial score (nSPS) is 14.8. The van der Waals surface area contributed by atoms with E-state index in [2.05, 4.69) is 12.1 Å². The van der Waals surface area contributed by atoms with Crippen molar-refractivity contribution in [3.05, 3.63) is 29.8 Å². The molecule has 0 fully saturated rings. The van der Waals surface area contributed by atoms with Gasteiger partial charge < -0.3 is 10.5 Å². The molecule has 0 spiro atoms. The summed E-state index contributed by atoms with van der Waals surface area (Å²) in [4.78, 5) is 12.9. The lowest BCUT2D eigenvalue weighted by molar-refractivity contribution is -0.142. The molecule has 0 saturated heterocycles. The van der Waals surface area contributed by atoms with Gasteiger partial charge in [0.05, 0.1) is 13.5 Å². The Hall–Kier alpha value is -1.00. The molecule has 0 radical (unpaired) electrons. The molecule has 0 saturated carbocycles. The number of benzene rings is 1. The number of carbonyl (C=O) groups is 1. The van der Waals surface area contributed by atoms with Crippen LogP contribution in [0.15, 0.2) is 29.2 Å². The number of ether oxygens (including phenoxy) is 1. The van der Waals surface area contributed by atoms with Gasteiger partial charge in [0.1, 0.15) is 0 Å². The summed E-state index contributed by atoms with van der Waals surface area (Å²) in [7, 11) is 1.41. The molecular weight excluding hydrogens is 258 g/mol. The summed E-state index contributed by atoms with van der Waals surface area (Å²) in [6, 6.07) is 8.20. The second-order valence-corrected chi connectivity index (χ2v) is 6.41. The number of esters is 1. The van der Waals surface area contributed by atoms with E-state index in [4.69, 9.17) is 10.5 Å². The van der Waals surface area contributed by atoms with Crippen LogP contribution in [-0.2, 0) is 14.9 Å². The maximum atomic E-state index is 11.7. The van der Waals surface area contributed by atoms with E-state index >= 15 is 0 Å². The van der Waals surface area contributed by atoms with Crippen LogP contribution in [0.2, 0.25) is 0 Å². The molecule has 0 aromatic heterocycles. The third-order valence-electron chi connectivity index (χ3n) is 3.87. The van der Waals surface area contributed by atoms with Gasteiger partial charge in [-0.2, -0.15) is 0 Å². The van der Waals surface area contributed by atoms with E-state index in [-0.39, 0.29) is 12.4 Å². The van der Waals surface area contributed by atoms with E-state index in [0.29, 0.717) is 0 Å². The van der Waals surface area contributed by atoms with E-state index in [0.717, 1.165) is 5.56 Å². The molecule has 0 bridgehead atoms. The molecule has 4 heteroatoms. The summed E-state index contributed by atoms with van der Waals surface area (Å²) < 4.78 is 4.81.